The van der Waals surface area contributed by atoms with Gasteiger partial charge in [-0.1, -0.05) is 42.5 Å². The standard InChI is InChI=1S/C21H24FNO3/c1-2-26-21(25)14-15-23(16-18-8-11-19(22)12-9-18)20(24)13-10-17-6-4-3-5-7-17/h3-9,11-12H,2,10,13-16H2,1H3. The van der Waals surface area contributed by atoms with Crippen LogP contribution < -0.4 is 0 Å². The number of carbonyl (C=O) groups is 2. The lowest BCUT2D eigenvalue weighted by Crippen LogP contribution is -2.33. The van der Waals surface area contributed by atoms with Crippen LogP contribution in [0.2, 0.25) is 0 Å². The summed E-state index contributed by atoms with van der Waals surface area (Å²) in [5.74, 6) is -0.683. The van der Waals surface area contributed by atoms with Crippen LogP contribution in [-0.4, -0.2) is 29.9 Å². The molecule has 0 unspecified atom stereocenters. The highest BCUT2D eigenvalue weighted by Crippen LogP contribution is 2.11. The van der Waals surface area contributed by atoms with Gasteiger partial charge in [0.2, 0.25) is 5.91 Å². The Bertz CT molecular complexity index is 701. The third-order valence-corrected chi connectivity index (χ3v) is 4.00. The number of esters is 1. The first kappa shape index (κ1) is 19.6. The maximum absolute atomic E-state index is 13.1. The molecule has 5 heteroatoms. The maximum atomic E-state index is 13.1. The molecular formula is C21H24FNO3. The molecule has 1 amide bonds. The van der Waals surface area contributed by atoms with Crippen LogP contribution >= 0.6 is 0 Å². The Kier molecular flexibility index (Phi) is 7.80. The number of nitrogens with zero attached hydrogens (tertiary/aromatic N) is 1. The molecule has 0 heterocycles. The van der Waals surface area contributed by atoms with Gasteiger partial charge in [-0.2, -0.15) is 0 Å². The zero-order chi connectivity index (χ0) is 18.8. The summed E-state index contributed by atoms with van der Waals surface area (Å²) in [5, 5.41) is 0. The predicted octanol–water partition coefficient (Wildman–Crippen LogP) is 3.74. The number of carbonyl (C=O) groups excluding carboxylic acids is 2. The second-order valence-corrected chi connectivity index (χ2v) is 5.98. The largest absolute Gasteiger partial charge is 0.466 e. The first-order chi connectivity index (χ1) is 12.6. The number of hydrogen-bond donors (Lipinski definition) is 0. The van der Waals surface area contributed by atoms with Crippen LogP contribution in [0.25, 0.3) is 0 Å². The molecule has 0 aliphatic heterocycles. The number of ether oxygens (including phenoxy) is 1. The van der Waals surface area contributed by atoms with E-state index in [9.17, 15) is 14.0 Å². The zero-order valence-corrected chi connectivity index (χ0v) is 15.0. The van der Waals surface area contributed by atoms with Gasteiger partial charge in [0.25, 0.3) is 0 Å². The number of benzene rings is 2. The molecule has 138 valence electrons. The fourth-order valence-corrected chi connectivity index (χ4v) is 2.62. The Morgan fingerprint density at radius 2 is 1.65 bits per heavy atom. The molecule has 4 nitrogen and oxygen atoms in total. The van der Waals surface area contributed by atoms with Crippen molar-refractivity contribution in [2.24, 2.45) is 0 Å². The maximum Gasteiger partial charge on any atom is 0.307 e. The van der Waals surface area contributed by atoms with Crippen LogP contribution in [0.4, 0.5) is 4.39 Å². The van der Waals surface area contributed by atoms with E-state index in [4.69, 9.17) is 4.74 Å². The minimum atomic E-state index is -0.326. The molecule has 0 spiro atoms. The van der Waals surface area contributed by atoms with Gasteiger partial charge < -0.3 is 9.64 Å². The van der Waals surface area contributed by atoms with E-state index in [2.05, 4.69) is 0 Å². The summed E-state index contributed by atoms with van der Waals surface area (Å²) in [4.78, 5) is 25.9. The van der Waals surface area contributed by atoms with Crippen LogP contribution in [0.3, 0.4) is 0 Å². The minimum Gasteiger partial charge on any atom is -0.466 e. The van der Waals surface area contributed by atoms with E-state index in [-0.39, 0.29) is 30.7 Å². The number of rotatable bonds is 9. The van der Waals surface area contributed by atoms with E-state index in [1.54, 1.807) is 24.0 Å². The van der Waals surface area contributed by atoms with Crippen molar-refractivity contribution in [3.8, 4) is 0 Å². The monoisotopic (exact) mass is 357 g/mol. The molecule has 0 aliphatic rings. The highest BCUT2D eigenvalue weighted by atomic mass is 19.1. The normalized spacial score (nSPS) is 10.4. The Labute approximate surface area is 153 Å². The molecule has 0 aromatic heterocycles. The van der Waals surface area contributed by atoms with Crippen molar-refractivity contribution < 1.29 is 18.7 Å². The molecule has 0 bridgehead atoms. The van der Waals surface area contributed by atoms with Crippen LogP contribution in [0.5, 0.6) is 0 Å². The van der Waals surface area contributed by atoms with Gasteiger partial charge in [0.15, 0.2) is 0 Å². The summed E-state index contributed by atoms with van der Waals surface area (Å²) in [7, 11) is 0. The third kappa shape index (κ3) is 6.67. The molecule has 0 N–H and O–H groups in total. The van der Waals surface area contributed by atoms with Gasteiger partial charge in [0.05, 0.1) is 13.0 Å². The predicted molar refractivity (Wildman–Crippen MR) is 97.8 cm³/mol. The Hall–Kier alpha value is -2.69. The summed E-state index contributed by atoms with van der Waals surface area (Å²) in [5.41, 5.74) is 1.91. The lowest BCUT2D eigenvalue weighted by Gasteiger charge is -2.23. The highest BCUT2D eigenvalue weighted by Gasteiger charge is 2.16. The number of amides is 1. The van der Waals surface area contributed by atoms with E-state index in [0.717, 1.165) is 11.1 Å². The molecule has 0 radical (unpaired) electrons. The molecule has 2 rings (SSSR count). The van der Waals surface area contributed by atoms with E-state index in [0.29, 0.717) is 26.0 Å². The second-order valence-electron chi connectivity index (χ2n) is 5.98. The Morgan fingerprint density at radius 3 is 2.31 bits per heavy atom. The highest BCUT2D eigenvalue weighted by molar-refractivity contribution is 5.77. The van der Waals surface area contributed by atoms with E-state index >= 15 is 0 Å². The minimum absolute atomic E-state index is 0.0394. The van der Waals surface area contributed by atoms with Gasteiger partial charge in [0, 0.05) is 19.5 Å². The smallest absolute Gasteiger partial charge is 0.307 e. The van der Waals surface area contributed by atoms with Crippen molar-refractivity contribution >= 4 is 11.9 Å². The third-order valence-electron chi connectivity index (χ3n) is 4.00. The van der Waals surface area contributed by atoms with Crippen molar-refractivity contribution in [1.82, 2.24) is 4.90 Å². The van der Waals surface area contributed by atoms with E-state index in [1.807, 2.05) is 30.3 Å². The first-order valence-corrected chi connectivity index (χ1v) is 8.80. The SMILES string of the molecule is CCOC(=O)CCN(Cc1ccc(F)cc1)C(=O)CCc1ccccc1. The number of hydrogen-bond acceptors (Lipinski definition) is 3. The lowest BCUT2D eigenvalue weighted by molar-refractivity contribution is -0.144. The summed E-state index contributed by atoms with van der Waals surface area (Å²) in [6.07, 6.45) is 1.14. The molecule has 0 saturated carbocycles. The number of aryl methyl sites for hydroxylation is 1. The Balaban J connectivity index is 1.99. The summed E-state index contributed by atoms with van der Waals surface area (Å²) in [6.45, 7) is 2.69. The lowest BCUT2D eigenvalue weighted by atomic mass is 10.1. The van der Waals surface area contributed by atoms with Crippen LogP contribution in [-0.2, 0) is 27.3 Å². The summed E-state index contributed by atoms with van der Waals surface area (Å²) < 4.78 is 18.0. The fourth-order valence-electron chi connectivity index (χ4n) is 2.62. The molecular weight excluding hydrogens is 333 g/mol. The fraction of sp³-hybridized carbons (Fsp3) is 0.333. The van der Waals surface area contributed by atoms with Gasteiger partial charge in [0.1, 0.15) is 5.82 Å². The van der Waals surface area contributed by atoms with Gasteiger partial charge >= 0.3 is 5.97 Å². The molecule has 0 fully saturated rings. The quantitative estimate of drug-likeness (QED) is 0.642. The van der Waals surface area contributed by atoms with Gasteiger partial charge in [-0.05, 0) is 36.6 Å². The Morgan fingerprint density at radius 1 is 0.962 bits per heavy atom. The zero-order valence-electron chi connectivity index (χ0n) is 15.0. The molecule has 26 heavy (non-hydrogen) atoms. The van der Waals surface area contributed by atoms with Crippen molar-refractivity contribution in [3.63, 3.8) is 0 Å². The van der Waals surface area contributed by atoms with Gasteiger partial charge in [-0.25, -0.2) is 4.39 Å². The molecule has 0 atom stereocenters. The molecule has 2 aromatic rings. The van der Waals surface area contributed by atoms with E-state index < -0.39 is 0 Å². The van der Waals surface area contributed by atoms with Crippen molar-refractivity contribution in [3.05, 3.63) is 71.5 Å². The average Bonchev–Trinajstić information content (AvgIpc) is 2.66. The average molecular weight is 357 g/mol. The molecule has 0 saturated heterocycles. The van der Waals surface area contributed by atoms with E-state index in [1.165, 1.54) is 12.1 Å². The second kappa shape index (κ2) is 10.3. The number of halogens is 1. The van der Waals surface area contributed by atoms with Crippen molar-refractivity contribution in [2.75, 3.05) is 13.2 Å². The molecule has 2 aromatic carbocycles. The van der Waals surface area contributed by atoms with Crippen LogP contribution in [0.15, 0.2) is 54.6 Å². The van der Waals surface area contributed by atoms with Crippen molar-refractivity contribution in [1.29, 1.82) is 0 Å². The van der Waals surface area contributed by atoms with Crippen LogP contribution in [0.1, 0.15) is 30.9 Å². The van der Waals surface area contributed by atoms with Crippen molar-refractivity contribution in [2.45, 2.75) is 32.7 Å². The first-order valence-electron chi connectivity index (χ1n) is 8.80. The summed E-state index contributed by atoms with van der Waals surface area (Å²) >= 11 is 0. The molecule has 0 aliphatic carbocycles. The summed E-state index contributed by atoms with van der Waals surface area (Å²) in [6, 6.07) is 15.8. The van der Waals surface area contributed by atoms with Gasteiger partial charge in [-0.3, -0.25) is 9.59 Å². The van der Waals surface area contributed by atoms with Crippen LogP contribution in [0, 0.1) is 5.82 Å². The van der Waals surface area contributed by atoms with Gasteiger partial charge in [-0.15, -0.1) is 0 Å². The topological polar surface area (TPSA) is 46.6 Å².